The first-order valence-electron chi connectivity index (χ1n) is 10.4. The fraction of sp³-hybridized carbons (Fsp3) is 0.565. The fourth-order valence-electron chi connectivity index (χ4n) is 4.36. The summed E-state index contributed by atoms with van der Waals surface area (Å²) >= 11 is 0. The zero-order valence-electron chi connectivity index (χ0n) is 17.9. The van der Waals surface area contributed by atoms with E-state index in [4.69, 9.17) is 9.97 Å². The van der Waals surface area contributed by atoms with E-state index in [1.165, 1.54) is 47.2 Å². The smallest absolute Gasteiger partial charge is 0.232 e. The van der Waals surface area contributed by atoms with E-state index in [0.717, 1.165) is 43.5 Å². The van der Waals surface area contributed by atoms with Crippen LogP contribution in [0.4, 0.5) is 17.5 Å². The molecule has 1 aromatic heterocycles. The van der Waals surface area contributed by atoms with Crippen LogP contribution in [0.1, 0.15) is 61.1 Å². The van der Waals surface area contributed by atoms with Gasteiger partial charge in [-0.1, -0.05) is 37.5 Å². The van der Waals surface area contributed by atoms with E-state index in [2.05, 4.69) is 63.5 Å². The quantitative estimate of drug-likeness (QED) is 0.612. The number of aryl methyl sites for hydroxylation is 4. The van der Waals surface area contributed by atoms with Crippen LogP contribution in [-0.2, 0) is 6.42 Å². The highest BCUT2D eigenvalue weighted by atomic mass is 15.3. The molecule has 146 valence electrons. The van der Waals surface area contributed by atoms with Crippen molar-refractivity contribution in [1.29, 1.82) is 0 Å². The molecule has 2 heterocycles. The molecule has 0 N–H and O–H groups in total. The summed E-state index contributed by atoms with van der Waals surface area (Å²) in [5.41, 5.74) is 7.60. The van der Waals surface area contributed by atoms with Crippen LogP contribution in [0.2, 0.25) is 0 Å². The van der Waals surface area contributed by atoms with Gasteiger partial charge < -0.3 is 9.80 Å². The molecule has 0 atom stereocenters. The molecule has 0 saturated carbocycles. The Morgan fingerprint density at radius 3 is 2.33 bits per heavy atom. The van der Waals surface area contributed by atoms with Crippen molar-refractivity contribution in [3.05, 3.63) is 40.1 Å². The Balaban J connectivity index is 1.99. The summed E-state index contributed by atoms with van der Waals surface area (Å²) in [6.45, 7) is 16.2. The minimum Gasteiger partial charge on any atom is -0.356 e. The summed E-state index contributed by atoms with van der Waals surface area (Å²) < 4.78 is 0. The van der Waals surface area contributed by atoms with Crippen molar-refractivity contribution >= 4 is 17.5 Å². The molecule has 27 heavy (non-hydrogen) atoms. The second kappa shape index (κ2) is 8.28. The third-order valence-corrected chi connectivity index (χ3v) is 5.61. The van der Waals surface area contributed by atoms with E-state index in [1.54, 1.807) is 0 Å². The summed E-state index contributed by atoms with van der Waals surface area (Å²) in [5.74, 6) is 2.00. The zero-order valence-corrected chi connectivity index (χ0v) is 17.9. The van der Waals surface area contributed by atoms with Crippen LogP contribution in [0.3, 0.4) is 0 Å². The number of rotatable bonds is 7. The maximum atomic E-state index is 5.07. The summed E-state index contributed by atoms with van der Waals surface area (Å²) in [7, 11) is 0. The first-order valence-corrected chi connectivity index (χ1v) is 10.4. The number of nitrogens with zero attached hydrogens (tertiary/aromatic N) is 4. The van der Waals surface area contributed by atoms with Crippen molar-refractivity contribution in [2.24, 2.45) is 0 Å². The van der Waals surface area contributed by atoms with Crippen molar-refractivity contribution in [3.8, 4) is 0 Å². The molecule has 1 aromatic carbocycles. The maximum absolute atomic E-state index is 5.07. The van der Waals surface area contributed by atoms with Crippen LogP contribution in [-0.4, -0.2) is 29.6 Å². The standard InChI is InChI=1S/C23H34N4/c1-7-9-10-12-26-13-11-20-19(6)24-23(25-22(20)26)27(8-2)21-17(4)14-16(3)15-18(21)5/h14-15H,7-13H2,1-6H3. The van der Waals surface area contributed by atoms with Crippen molar-refractivity contribution in [2.75, 3.05) is 29.4 Å². The fourth-order valence-corrected chi connectivity index (χ4v) is 4.36. The zero-order chi connectivity index (χ0) is 19.6. The van der Waals surface area contributed by atoms with Crippen LogP contribution in [0.5, 0.6) is 0 Å². The lowest BCUT2D eigenvalue weighted by molar-refractivity contribution is 0.684. The van der Waals surface area contributed by atoms with Crippen LogP contribution in [0, 0.1) is 27.7 Å². The largest absolute Gasteiger partial charge is 0.356 e. The predicted molar refractivity (Wildman–Crippen MR) is 116 cm³/mol. The van der Waals surface area contributed by atoms with Crippen LogP contribution >= 0.6 is 0 Å². The Kier molecular flexibility index (Phi) is 6.03. The van der Waals surface area contributed by atoms with E-state index >= 15 is 0 Å². The topological polar surface area (TPSA) is 32.3 Å². The SMILES string of the molecule is CCCCCN1CCc2c(C)nc(N(CC)c3c(C)cc(C)cc3C)nc21. The van der Waals surface area contributed by atoms with Crippen molar-refractivity contribution in [2.45, 2.75) is 67.2 Å². The van der Waals surface area contributed by atoms with E-state index in [0.29, 0.717) is 0 Å². The molecular formula is C23H34N4. The van der Waals surface area contributed by atoms with Crippen molar-refractivity contribution < 1.29 is 0 Å². The lowest BCUT2D eigenvalue weighted by Gasteiger charge is -2.27. The van der Waals surface area contributed by atoms with Gasteiger partial charge in [-0.25, -0.2) is 4.98 Å². The Labute approximate surface area is 164 Å². The van der Waals surface area contributed by atoms with Gasteiger partial charge in [-0.15, -0.1) is 0 Å². The molecule has 0 fully saturated rings. The van der Waals surface area contributed by atoms with Crippen LogP contribution in [0.25, 0.3) is 0 Å². The molecule has 0 aliphatic carbocycles. The van der Waals surface area contributed by atoms with E-state index in [1.807, 2.05) is 0 Å². The summed E-state index contributed by atoms with van der Waals surface area (Å²) in [4.78, 5) is 14.7. The Hall–Kier alpha value is -2.10. The molecule has 0 radical (unpaired) electrons. The number of hydrogen-bond acceptors (Lipinski definition) is 4. The van der Waals surface area contributed by atoms with Gasteiger partial charge in [0.15, 0.2) is 0 Å². The third kappa shape index (κ3) is 3.95. The van der Waals surface area contributed by atoms with Gasteiger partial charge >= 0.3 is 0 Å². The summed E-state index contributed by atoms with van der Waals surface area (Å²) in [6, 6.07) is 4.50. The molecule has 0 amide bonds. The molecule has 0 spiro atoms. The number of hydrogen-bond donors (Lipinski definition) is 0. The summed E-state index contributed by atoms with van der Waals surface area (Å²) in [6.07, 6.45) is 4.85. The summed E-state index contributed by atoms with van der Waals surface area (Å²) in [5, 5.41) is 0. The van der Waals surface area contributed by atoms with Gasteiger partial charge in [-0.2, -0.15) is 4.98 Å². The average molecular weight is 367 g/mol. The highest BCUT2D eigenvalue weighted by molar-refractivity contribution is 5.68. The minimum atomic E-state index is 0.839. The maximum Gasteiger partial charge on any atom is 0.232 e. The molecule has 3 rings (SSSR count). The lowest BCUT2D eigenvalue weighted by atomic mass is 10.0. The molecular weight excluding hydrogens is 332 g/mol. The van der Waals surface area contributed by atoms with Gasteiger partial charge in [-0.3, -0.25) is 0 Å². The van der Waals surface area contributed by atoms with Gasteiger partial charge in [0.2, 0.25) is 5.95 Å². The minimum absolute atomic E-state index is 0.839. The molecule has 4 heteroatoms. The molecule has 4 nitrogen and oxygen atoms in total. The highest BCUT2D eigenvalue weighted by Gasteiger charge is 2.26. The number of benzene rings is 1. The Morgan fingerprint density at radius 1 is 1.00 bits per heavy atom. The monoisotopic (exact) mass is 366 g/mol. The Bertz CT molecular complexity index is 789. The average Bonchev–Trinajstić information content (AvgIpc) is 3.02. The first-order chi connectivity index (χ1) is 13.0. The highest BCUT2D eigenvalue weighted by Crippen LogP contribution is 2.34. The van der Waals surface area contributed by atoms with Gasteiger partial charge in [0.25, 0.3) is 0 Å². The van der Waals surface area contributed by atoms with Crippen LogP contribution < -0.4 is 9.80 Å². The number of unbranched alkanes of at least 4 members (excludes halogenated alkanes) is 2. The second-order valence-corrected chi connectivity index (χ2v) is 7.85. The predicted octanol–water partition coefficient (Wildman–Crippen LogP) is 5.42. The molecule has 0 saturated heterocycles. The second-order valence-electron chi connectivity index (χ2n) is 7.85. The van der Waals surface area contributed by atoms with Gasteiger partial charge in [0.1, 0.15) is 5.82 Å². The third-order valence-electron chi connectivity index (χ3n) is 5.61. The van der Waals surface area contributed by atoms with E-state index in [9.17, 15) is 0 Å². The first kappa shape index (κ1) is 19.7. The van der Waals surface area contributed by atoms with Gasteiger partial charge in [-0.05, 0) is 58.6 Å². The normalized spacial score (nSPS) is 13.2. The lowest BCUT2D eigenvalue weighted by Crippen LogP contribution is -2.25. The Morgan fingerprint density at radius 2 is 1.70 bits per heavy atom. The van der Waals surface area contributed by atoms with Crippen LogP contribution in [0.15, 0.2) is 12.1 Å². The van der Waals surface area contributed by atoms with Gasteiger partial charge in [0, 0.05) is 36.6 Å². The molecule has 0 bridgehead atoms. The number of aromatic nitrogens is 2. The molecule has 1 aliphatic heterocycles. The number of fused-ring (bicyclic) bond motifs is 1. The van der Waals surface area contributed by atoms with Crippen molar-refractivity contribution in [1.82, 2.24) is 9.97 Å². The van der Waals surface area contributed by atoms with Crippen molar-refractivity contribution in [3.63, 3.8) is 0 Å². The number of anilines is 3. The van der Waals surface area contributed by atoms with E-state index < -0.39 is 0 Å². The van der Waals surface area contributed by atoms with E-state index in [-0.39, 0.29) is 0 Å². The molecule has 2 aromatic rings. The molecule has 0 unspecified atom stereocenters. The molecule has 1 aliphatic rings. The van der Waals surface area contributed by atoms with Gasteiger partial charge in [0.05, 0.1) is 0 Å².